The zero-order valence-corrected chi connectivity index (χ0v) is 14.9. The molecule has 24 heavy (non-hydrogen) atoms. The van der Waals surface area contributed by atoms with Crippen LogP contribution in [0.25, 0.3) is 0 Å². The Balaban J connectivity index is 1.65. The van der Waals surface area contributed by atoms with Gasteiger partial charge in [-0.3, -0.25) is 4.79 Å². The second kappa shape index (κ2) is 9.77. The summed E-state index contributed by atoms with van der Waals surface area (Å²) in [4.78, 5) is 14.6. The first-order valence-corrected chi connectivity index (χ1v) is 8.98. The third-order valence-electron chi connectivity index (χ3n) is 4.44. The molecule has 0 aliphatic carbocycles. The molecule has 0 bridgehead atoms. The van der Waals surface area contributed by atoms with Gasteiger partial charge in [-0.2, -0.15) is 0 Å². The first kappa shape index (κ1) is 18.9. The van der Waals surface area contributed by atoms with Crippen molar-refractivity contribution in [2.24, 2.45) is 5.73 Å². The van der Waals surface area contributed by atoms with Crippen molar-refractivity contribution in [1.29, 1.82) is 0 Å². The van der Waals surface area contributed by atoms with E-state index in [4.69, 9.17) is 10.5 Å². The molecule has 0 saturated carbocycles. The molecule has 1 heterocycles. The highest BCUT2D eigenvalue weighted by Crippen LogP contribution is 2.15. The van der Waals surface area contributed by atoms with Crippen LogP contribution in [0.15, 0.2) is 30.3 Å². The monoisotopic (exact) mass is 333 g/mol. The van der Waals surface area contributed by atoms with Crippen molar-refractivity contribution in [2.45, 2.75) is 51.3 Å². The number of piperidine rings is 1. The minimum atomic E-state index is -0.237. The summed E-state index contributed by atoms with van der Waals surface area (Å²) in [5.74, 6) is 0.0490. The van der Waals surface area contributed by atoms with E-state index in [1.807, 2.05) is 30.3 Å². The Hall–Kier alpha value is -1.43. The Morgan fingerprint density at radius 2 is 1.96 bits per heavy atom. The molecule has 0 spiro atoms. The van der Waals surface area contributed by atoms with E-state index in [1.165, 1.54) is 0 Å². The van der Waals surface area contributed by atoms with Gasteiger partial charge in [0, 0.05) is 38.1 Å². The van der Waals surface area contributed by atoms with Crippen LogP contribution in [-0.4, -0.2) is 49.2 Å². The molecule has 5 nitrogen and oxygen atoms in total. The Morgan fingerprint density at radius 3 is 2.58 bits per heavy atom. The summed E-state index contributed by atoms with van der Waals surface area (Å²) in [5.41, 5.74) is 7.13. The SMILES string of the molecule is CC(C)OCCN1CCC(NC(=O)CC(N)c2ccccc2)CC1. The normalized spacial score (nSPS) is 17.8. The summed E-state index contributed by atoms with van der Waals surface area (Å²) in [5, 5.41) is 3.14. The van der Waals surface area contributed by atoms with E-state index in [0.717, 1.165) is 44.6 Å². The molecule has 1 aromatic rings. The van der Waals surface area contributed by atoms with Gasteiger partial charge < -0.3 is 20.7 Å². The van der Waals surface area contributed by atoms with E-state index < -0.39 is 0 Å². The lowest BCUT2D eigenvalue weighted by molar-refractivity contribution is -0.122. The zero-order valence-electron chi connectivity index (χ0n) is 14.9. The molecular formula is C19H31N3O2. The molecule has 134 valence electrons. The van der Waals surface area contributed by atoms with Gasteiger partial charge in [0.05, 0.1) is 12.7 Å². The van der Waals surface area contributed by atoms with E-state index in [2.05, 4.69) is 24.1 Å². The van der Waals surface area contributed by atoms with Gasteiger partial charge in [-0.15, -0.1) is 0 Å². The lowest BCUT2D eigenvalue weighted by Gasteiger charge is -2.32. The van der Waals surface area contributed by atoms with Crippen molar-refractivity contribution in [3.8, 4) is 0 Å². The highest BCUT2D eigenvalue weighted by molar-refractivity contribution is 5.77. The van der Waals surface area contributed by atoms with Gasteiger partial charge in [-0.25, -0.2) is 0 Å². The van der Waals surface area contributed by atoms with Crippen LogP contribution in [0.4, 0.5) is 0 Å². The van der Waals surface area contributed by atoms with E-state index >= 15 is 0 Å². The third-order valence-corrected chi connectivity index (χ3v) is 4.44. The summed E-state index contributed by atoms with van der Waals surface area (Å²) < 4.78 is 5.60. The van der Waals surface area contributed by atoms with Crippen molar-refractivity contribution in [2.75, 3.05) is 26.2 Å². The predicted molar refractivity (Wildman–Crippen MR) is 96.7 cm³/mol. The van der Waals surface area contributed by atoms with Crippen molar-refractivity contribution >= 4 is 5.91 Å². The van der Waals surface area contributed by atoms with Crippen LogP contribution in [0.2, 0.25) is 0 Å². The van der Waals surface area contributed by atoms with Gasteiger partial charge in [-0.1, -0.05) is 30.3 Å². The van der Waals surface area contributed by atoms with Crippen LogP contribution in [-0.2, 0) is 9.53 Å². The topological polar surface area (TPSA) is 67.6 Å². The number of nitrogens with one attached hydrogen (secondary N) is 1. The molecule has 2 rings (SSSR count). The standard InChI is InChI=1S/C19H31N3O2/c1-15(2)24-13-12-22-10-8-17(9-11-22)21-19(23)14-18(20)16-6-4-3-5-7-16/h3-7,15,17-18H,8-14,20H2,1-2H3,(H,21,23). The number of likely N-dealkylation sites (tertiary alicyclic amines) is 1. The number of nitrogens with zero attached hydrogens (tertiary/aromatic N) is 1. The molecule has 5 heteroatoms. The molecule has 1 aliphatic rings. The van der Waals surface area contributed by atoms with Crippen LogP contribution in [0.1, 0.15) is 44.7 Å². The maximum Gasteiger partial charge on any atom is 0.222 e. The number of carbonyl (C=O) groups is 1. The van der Waals surface area contributed by atoms with Gasteiger partial charge in [0.1, 0.15) is 0 Å². The fourth-order valence-corrected chi connectivity index (χ4v) is 3.02. The molecule has 3 N–H and O–H groups in total. The van der Waals surface area contributed by atoms with Crippen molar-refractivity contribution < 1.29 is 9.53 Å². The summed E-state index contributed by atoms with van der Waals surface area (Å²) in [7, 11) is 0. The highest BCUT2D eigenvalue weighted by Gasteiger charge is 2.21. The fourth-order valence-electron chi connectivity index (χ4n) is 3.02. The smallest absolute Gasteiger partial charge is 0.222 e. The zero-order chi connectivity index (χ0) is 17.4. The largest absolute Gasteiger partial charge is 0.377 e. The van der Waals surface area contributed by atoms with Crippen molar-refractivity contribution in [3.63, 3.8) is 0 Å². The molecule has 1 saturated heterocycles. The second-order valence-corrected chi connectivity index (χ2v) is 6.82. The maximum absolute atomic E-state index is 12.2. The Bertz CT molecular complexity index is 485. The van der Waals surface area contributed by atoms with Gasteiger partial charge in [0.2, 0.25) is 5.91 Å². The van der Waals surface area contributed by atoms with Gasteiger partial charge in [0.15, 0.2) is 0 Å². The molecule has 1 aliphatic heterocycles. The Morgan fingerprint density at radius 1 is 1.29 bits per heavy atom. The van der Waals surface area contributed by atoms with Crippen LogP contribution in [0.5, 0.6) is 0 Å². The number of benzene rings is 1. The molecule has 1 aromatic carbocycles. The number of rotatable bonds is 8. The molecule has 0 aromatic heterocycles. The molecule has 1 unspecified atom stereocenters. The van der Waals surface area contributed by atoms with Gasteiger partial charge in [-0.05, 0) is 32.3 Å². The van der Waals surface area contributed by atoms with Crippen LogP contribution < -0.4 is 11.1 Å². The third kappa shape index (κ3) is 6.59. The Kier molecular flexibility index (Phi) is 7.69. The van der Waals surface area contributed by atoms with Crippen molar-refractivity contribution in [1.82, 2.24) is 10.2 Å². The van der Waals surface area contributed by atoms with Gasteiger partial charge in [0.25, 0.3) is 0 Å². The average Bonchev–Trinajstić information content (AvgIpc) is 2.57. The number of hydrogen-bond donors (Lipinski definition) is 2. The van der Waals surface area contributed by atoms with Crippen LogP contribution >= 0.6 is 0 Å². The first-order valence-electron chi connectivity index (χ1n) is 8.98. The quantitative estimate of drug-likeness (QED) is 0.764. The summed E-state index contributed by atoms with van der Waals surface area (Å²) >= 11 is 0. The summed E-state index contributed by atoms with van der Waals surface area (Å²) in [6, 6.07) is 9.82. The molecular weight excluding hydrogens is 302 g/mol. The van der Waals surface area contributed by atoms with E-state index in [-0.39, 0.29) is 24.1 Å². The fraction of sp³-hybridized carbons (Fsp3) is 0.632. The van der Waals surface area contributed by atoms with E-state index in [9.17, 15) is 4.79 Å². The van der Waals surface area contributed by atoms with Gasteiger partial charge >= 0.3 is 0 Å². The number of nitrogens with two attached hydrogens (primary N) is 1. The number of hydrogen-bond acceptors (Lipinski definition) is 4. The molecule has 0 radical (unpaired) electrons. The average molecular weight is 333 g/mol. The number of amides is 1. The van der Waals surface area contributed by atoms with Crippen molar-refractivity contribution in [3.05, 3.63) is 35.9 Å². The first-order chi connectivity index (χ1) is 11.5. The summed E-state index contributed by atoms with van der Waals surface area (Å²) in [6.07, 6.45) is 2.62. The van der Waals surface area contributed by atoms with Crippen LogP contribution in [0.3, 0.4) is 0 Å². The molecule has 1 atom stereocenters. The van der Waals surface area contributed by atoms with E-state index in [0.29, 0.717) is 6.42 Å². The predicted octanol–water partition coefficient (Wildman–Crippen LogP) is 2.08. The lowest BCUT2D eigenvalue weighted by Crippen LogP contribution is -2.45. The minimum Gasteiger partial charge on any atom is -0.377 e. The second-order valence-electron chi connectivity index (χ2n) is 6.82. The molecule has 1 amide bonds. The number of carbonyl (C=O) groups excluding carboxylic acids is 1. The Labute approximate surface area is 145 Å². The highest BCUT2D eigenvalue weighted by atomic mass is 16.5. The van der Waals surface area contributed by atoms with Crippen LogP contribution in [0, 0.1) is 0 Å². The maximum atomic E-state index is 12.2. The van der Waals surface area contributed by atoms with E-state index in [1.54, 1.807) is 0 Å². The number of ether oxygens (including phenoxy) is 1. The lowest BCUT2D eigenvalue weighted by atomic mass is 10.0. The molecule has 1 fully saturated rings. The summed E-state index contributed by atoms with van der Waals surface area (Å²) in [6.45, 7) is 7.89. The minimum absolute atomic E-state index is 0.0490.